The van der Waals surface area contributed by atoms with Crippen LogP contribution in [0.1, 0.15) is 62.2 Å². The predicted octanol–water partition coefficient (Wildman–Crippen LogP) is 2.62. The topological polar surface area (TPSA) is 110 Å². The number of aliphatic hydroxyl groups excluding tert-OH is 2. The summed E-state index contributed by atoms with van der Waals surface area (Å²) in [5.41, 5.74) is 0.0999. The average Bonchev–Trinajstić information content (AvgIpc) is 3.01. The Hall–Kier alpha value is -2.12. The van der Waals surface area contributed by atoms with E-state index in [1.807, 2.05) is 0 Å². The van der Waals surface area contributed by atoms with Gasteiger partial charge in [0.2, 0.25) is 5.91 Å². The van der Waals surface area contributed by atoms with Gasteiger partial charge in [0.25, 0.3) is 0 Å². The predicted molar refractivity (Wildman–Crippen MR) is 104 cm³/mol. The van der Waals surface area contributed by atoms with Gasteiger partial charge in [0.05, 0.1) is 35.7 Å². The number of aromatic carboxylic acids is 1. The summed E-state index contributed by atoms with van der Waals surface area (Å²) >= 11 is 0. The highest BCUT2D eigenvalue weighted by atomic mass is 16.4. The van der Waals surface area contributed by atoms with Crippen molar-refractivity contribution in [2.75, 3.05) is 30.0 Å². The van der Waals surface area contributed by atoms with Crippen LogP contribution in [0, 0.1) is 0 Å². The standard InChI is InChI=1S/C20H30N2O5/c1-2-3-4-5-6-11-21-16-12-15(19(26)27)7-8-17(16)22-18(25)9-10-20(22,13-23)14-24/h7-8,12,21,23-24H,2-6,9-11,13-14H2,1H3,(H,26,27). The van der Waals surface area contributed by atoms with Crippen molar-refractivity contribution in [3.05, 3.63) is 23.8 Å². The van der Waals surface area contributed by atoms with Crippen molar-refractivity contribution in [2.24, 2.45) is 0 Å². The van der Waals surface area contributed by atoms with Gasteiger partial charge in [-0.1, -0.05) is 32.6 Å². The Morgan fingerprint density at radius 1 is 1.19 bits per heavy atom. The molecule has 150 valence electrons. The lowest BCUT2D eigenvalue weighted by atomic mass is 9.97. The fraction of sp³-hybridized carbons (Fsp3) is 0.600. The molecule has 2 rings (SSSR count). The Kier molecular flexibility index (Phi) is 7.62. The number of carbonyl (C=O) groups is 2. The number of carboxylic acids is 1. The first-order valence-electron chi connectivity index (χ1n) is 9.65. The molecule has 0 spiro atoms. The first-order chi connectivity index (χ1) is 13.0. The molecular weight excluding hydrogens is 348 g/mol. The number of anilines is 2. The summed E-state index contributed by atoms with van der Waals surface area (Å²) in [7, 11) is 0. The number of unbranched alkanes of at least 4 members (excludes halogenated alkanes) is 4. The lowest BCUT2D eigenvalue weighted by molar-refractivity contribution is -0.117. The molecule has 1 aromatic carbocycles. The summed E-state index contributed by atoms with van der Waals surface area (Å²) in [6, 6.07) is 4.52. The lowest BCUT2D eigenvalue weighted by Crippen LogP contribution is -2.52. The van der Waals surface area contributed by atoms with E-state index in [9.17, 15) is 24.9 Å². The van der Waals surface area contributed by atoms with Crippen molar-refractivity contribution in [2.45, 2.75) is 57.4 Å². The Morgan fingerprint density at radius 3 is 2.52 bits per heavy atom. The Balaban J connectivity index is 2.26. The van der Waals surface area contributed by atoms with Crippen molar-refractivity contribution >= 4 is 23.3 Å². The van der Waals surface area contributed by atoms with Gasteiger partial charge in [-0.25, -0.2) is 4.79 Å². The fourth-order valence-corrected chi connectivity index (χ4v) is 3.52. The fourth-order valence-electron chi connectivity index (χ4n) is 3.52. The van der Waals surface area contributed by atoms with Gasteiger partial charge in [-0.15, -0.1) is 0 Å². The van der Waals surface area contributed by atoms with Crippen molar-refractivity contribution in [1.82, 2.24) is 0 Å². The number of aliphatic hydroxyl groups is 2. The van der Waals surface area contributed by atoms with Crippen LogP contribution in [0.5, 0.6) is 0 Å². The SMILES string of the molecule is CCCCCCCNc1cc(C(=O)O)ccc1N1C(=O)CCC1(CO)CO. The van der Waals surface area contributed by atoms with Crippen LogP contribution in [-0.2, 0) is 4.79 Å². The Labute approximate surface area is 160 Å². The monoisotopic (exact) mass is 378 g/mol. The normalized spacial score (nSPS) is 16.0. The molecule has 0 saturated carbocycles. The maximum atomic E-state index is 12.5. The summed E-state index contributed by atoms with van der Waals surface area (Å²) in [4.78, 5) is 25.3. The molecule has 1 amide bonds. The van der Waals surface area contributed by atoms with Crippen molar-refractivity contribution in [1.29, 1.82) is 0 Å². The highest BCUT2D eigenvalue weighted by Gasteiger charge is 2.46. The third-order valence-electron chi connectivity index (χ3n) is 5.20. The smallest absolute Gasteiger partial charge is 0.335 e. The maximum Gasteiger partial charge on any atom is 0.335 e. The summed E-state index contributed by atoms with van der Waals surface area (Å²) in [5.74, 6) is -1.23. The first kappa shape index (κ1) is 21.2. The molecule has 4 N–H and O–H groups in total. The molecule has 0 bridgehead atoms. The minimum atomic E-state index is -1.06. The number of carboxylic acid groups (broad SMARTS) is 1. The molecule has 7 heteroatoms. The second kappa shape index (κ2) is 9.71. The second-order valence-electron chi connectivity index (χ2n) is 7.15. The number of hydrogen-bond donors (Lipinski definition) is 4. The van der Waals surface area contributed by atoms with Gasteiger partial charge in [-0.05, 0) is 31.0 Å². The number of nitrogens with one attached hydrogen (secondary N) is 1. The van der Waals surface area contributed by atoms with Gasteiger partial charge in [-0.2, -0.15) is 0 Å². The van der Waals surface area contributed by atoms with Crippen LogP contribution in [-0.4, -0.2) is 52.5 Å². The molecule has 0 aliphatic carbocycles. The van der Waals surface area contributed by atoms with E-state index < -0.39 is 11.5 Å². The Bertz CT molecular complexity index is 658. The second-order valence-corrected chi connectivity index (χ2v) is 7.15. The number of rotatable bonds is 11. The van der Waals surface area contributed by atoms with Crippen LogP contribution in [0.25, 0.3) is 0 Å². The van der Waals surface area contributed by atoms with E-state index in [1.165, 1.54) is 29.9 Å². The van der Waals surface area contributed by atoms with E-state index in [-0.39, 0.29) is 31.1 Å². The first-order valence-corrected chi connectivity index (χ1v) is 9.65. The van der Waals surface area contributed by atoms with E-state index >= 15 is 0 Å². The molecular formula is C20H30N2O5. The van der Waals surface area contributed by atoms with Gasteiger partial charge in [-0.3, -0.25) is 9.69 Å². The third kappa shape index (κ3) is 4.78. The van der Waals surface area contributed by atoms with Crippen LogP contribution in [0.2, 0.25) is 0 Å². The van der Waals surface area contributed by atoms with Crippen molar-refractivity contribution in [3.63, 3.8) is 0 Å². The summed E-state index contributed by atoms with van der Waals surface area (Å²) < 4.78 is 0. The molecule has 1 aromatic rings. The van der Waals surface area contributed by atoms with E-state index in [4.69, 9.17) is 0 Å². The summed E-state index contributed by atoms with van der Waals surface area (Å²) in [6.07, 6.45) is 6.12. The molecule has 1 fully saturated rings. The number of benzene rings is 1. The molecule has 1 saturated heterocycles. The van der Waals surface area contributed by atoms with Gasteiger partial charge in [0.15, 0.2) is 0 Å². The van der Waals surface area contributed by atoms with Gasteiger partial charge >= 0.3 is 5.97 Å². The zero-order valence-corrected chi connectivity index (χ0v) is 15.9. The molecule has 7 nitrogen and oxygen atoms in total. The van der Waals surface area contributed by atoms with Crippen LogP contribution in [0.4, 0.5) is 11.4 Å². The molecule has 1 aliphatic rings. The van der Waals surface area contributed by atoms with Gasteiger partial charge in [0, 0.05) is 13.0 Å². The molecule has 0 atom stereocenters. The summed E-state index contributed by atoms with van der Waals surface area (Å²) in [6.45, 7) is 2.11. The van der Waals surface area contributed by atoms with Crippen LogP contribution in [0.3, 0.4) is 0 Å². The third-order valence-corrected chi connectivity index (χ3v) is 5.20. The van der Waals surface area contributed by atoms with E-state index in [0.717, 1.165) is 19.3 Å². The highest BCUT2D eigenvalue weighted by molar-refractivity contribution is 6.01. The van der Waals surface area contributed by atoms with E-state index in [0.29, 0.717) is 24.3 Å². The molecule has 0 radical (unpaired) electrons. The maximum absolute atomic E-state index is 12.5. The molecule has 0 unspecified atom stereocenters. The largest absolute Gasteiger partial charge is 0.478 e. The van der Waals surface area contributed by atoms with E-state index in [2.05, 4.69) is 12.2 Å². The molecule has 1 heterocycles. The molecule has 0 aromatic heterocycles. The number of nitrogens with zero attached hydrogens (tertiary/aromatic N) is 1. The average molecular weight is 378 g/mol. The number of amides is 1. The zero-order chi connectivity index (χ0) is 19.9. The summed E-state index contributed by atoms with van der Waals surface area (Å²) in [5, 5.41) is 32.2. The van der Waals surface area contributed by atoms with E-state index in [1.54, 1.807) is 6.07 Å². The zero-order valence-electron chi connectivity index (χ0n) is 15.9. The van der Waals surface area contributed by atoms with Crippen LogP contribution >= 0.6 is 0 Å². The number of hydrogen-bond acceptors (Lipinski definition) is 5. The number of carbonyl (C=O) groups excluding carboxylic acids is 1. The van der Waals surface area contributed by atoms with Crippen LogP contribution < -0.4 is 10.2 Å². The van der Waals surface area contributed by atoms with Crippen molar-refractivity contribution in [3.8, 4) is 0 Å². The Morgan fingerprint density at radius 2 is 1.89 bits per heavy atom. The minimum Gasteiger partial charge on any atom is -0.478 e. The highest BCUT2D eigenvalue weighted by Crippen LogP contribution is 2.39. The van der Waals surface area contributed by atoms with Crippen molar-refractivity contribution < 1.29 is 24.9 Å². The molecule has 27 heavy (non-hydrogen) atoms. The molecule has 1 aliphatic heterocycles. The van der Waals surface area contributed by atoms with Crippen LogP contribution in [0.15, 0.2) is 18.2 Å². The van der Waals surface area contributed by atoms with Gasteiger partial charge < -0.3 is 20.6 Å². The minimum absolute atomic E-state index is 0.123. The quantitative estimate of drug-likeness (QED) is 0.441. The lowest BCUT2D eigenvalue weighted by Gasteiger charge is -2.36. The van der Waals surface area contributed by atoms with Gasteiger partial charge in [0.1, 0.15) is 0 Å².